The maximum atomic E-state index is 6.59. The van der Waals surface area contributed by atoms with Crippen LogP contribution in [-0.2, 0) is 0 Å². The average molecular weight is 765 g/mol. The van der Waals surface area contributed by atoms with E-state index in [0.717, 1.165) is 49.8 Å². The molecule has 0 radical (unpaired) electrons. The van der Waals surface area contributed by atoms with Crippen LogP contribution in [0.1, 0.15) is 18.4 Å². The highest BCUT2D eigenvalue weighted by molar-refractivity contribution is 7.25. The Hall–Kier alpha value is -7.15. The van der Waals surface area contributed by atoms with Crippen molar-refractivity contribution >= 4 is 64.8 Å². The van der Waals surface area contributed by atoms with Gasteiger partial charge in [0.2, 0.25) is 0 Å². The zero-order valence-electron chi connectivity index (χ0n) is 31.7. The van der Waals surface area contributed by atoms with Crippen molar-refractivity contribution in [1.29, 1.82) is 0 Å². The third kappa shape index (κ3) is 5.48. The normalized spacial score (nSPS) is 15.3. The van der Waals surface area contributed by atoms with Crippen LogP contribution in [0.15, 0.2) is 187 Å². The van der Waals surface area contributed by atoms with Crippen LogP contribution in [-0.4, -0.2) is 21.0 Å². The number of hydrogen-bond donors (Lipinski definition) is 0. The molecule has 3 aromatic heterocycles. The molecule has 1 aliphatic heterocycles. The number of thiophene rings is 1. The lowest BCUT2D eigenvalue weighted by molar-refractivity contribution is 0.669. The van der Waals surface area contributed by atoms with E-state index in [1.165, 1.54) is 37.1 Å². The second-order valence-corrected chi connectivity index (χ2v) is 15.8. The molecule has 5 nitrogen and oxygen atoms in total. The zero-order valence-corrected chi connectivity index (χ0v) is 32.5. The Kier molecular flexibility index (Phi) is 8.12. The number of benzene rings is 7. The van der Waals surface area contributed by atoms with E-state index in [1.807, 2.05) is 90.2 Å². The first-order valence-corrected chi connectivity index (χ1v) is 20.4. The van der Waals surface area contributed by atoms with Gasteiger partial charge in [0, 0.05) is 64.9 Å². The molecule has 6 heteroatoms. The number of anilines is 2. The van der Waals surface area contributed by atoms with Gasteiger partial charge in [0.05, 0.1) is 6.04 Å². The van der Waals surface area contributed by atoms with Crippen LogP contribution < -0.4 is 4.90 Å². The van der Waals surface area contributed by atoms with Crippen LogP contribution in [0.4, 0.5) is 11.4 Å². The largest absolute Gasteiger partial charge is 0.456 e. The molecule has 0 N–H and O–H groups in total. The van der Waals surface area contributed by atoms with Gasteiger partial charge in [-0.15, -0.1) is 17.9 Å². The van der Waals surface area contributed by atoms with E-state index in [-0.39, 0.29) is 12.0 Å². The van der Waals surface area contributed by atoms with Gasteiger partial charge in [-0.1, -0.05) is 140 Å². The maximum Gasteiger partial charge on any atom is 0.164 e. The zero-order chi connectivity index (χ0) is 38.7. The summed E-state index contributed by atoms with van der Waals surface area (Å²) in [5.41, 5.74) is 10.3. The first-order valence-electron chi connectivity index (χ1n) is 19.6. The number of nitrogens with zero attached hydrogens (tertiary/aromatic N) is 4. The molecule has 0 aliphatic carbocycles. The number of aromatic nitrogens is 3. The Bertz CT molecular complexity index is 3180. The molecular weight excluding hydrogens is 729 g/mol. The Balaban J connectivity index is 1.05. The molecule has 0 saturated carbocycles. The van der Waals surface area contributed by atoms with Crippen LogP contribution >= 0.6 is 11.3 Å². The molecule has 11 rings (SSSR count). The third-order valence-corrected chi connectivity index (χ3v) is 12.5. The molecule has 4 heterocycles. The molecule has 10 aromatic rings. The van der Waals surface area contributed by atoms with Gasteiger partial charge < -0.3 is 9.32 Å². The first-order chi connectivity index (χ1) is 28.7. The first kappa shape index (κ1) is 34.1. The van der Waals surface area contributed by atoms with Crippen molar-refractivity contribution in [3.8, 4) is 45.3 Å². The molecule has 0 fully saturated rings. The summed E-state index contributed by atoms with van der Waals surface area (Å²) in [7, 11) is 0. The molecule has 0 saturated heterocycles. The van der Waals surface area contributed by atoms with Gasteiger partial charge >= 0.3 is 0 Å². The molecule has 0 spiro atoms. The van der Waals surface area contributed by atoms with Crippen LogP contribution in [0.25, 0.3) is 87.4 Å². The lowest BCUT2D eigenvalue weighted by Gasteiger charge is -2.27. The summed E-state index contributed by atoms with van der Waals surface area (Å²) in [6.45, 7) is 6.37. The summed E-state index contributed by atoms with van der Waals surface area (Å²) in [5.74, 6) is 2.10. The monoisotopic (exact) mass is 764 g/mol. The van der Waals surface area contributed by atoms with Crippen molar-refractivity contribution in [3.63, 3.8) is 0 Å². The Labute approximate surface area is 339 Å². The van der Waals surface area contributed by atoms with Gasteiger partial charge in [-0.05, 0) is 60.0 Å². The average Bonchev–Trinajstić information content (AvgIpc) is 3.95. The fraction of sp³-hybridized carbons (Fsp3) is 0.0577. The van der Waals surface area contributed by atoms with Gasteiger partial charge in [-0.2, -0.15) is 0 Å². The molecule has 0 amide bonds. The molecule has 2 unspecified atom stereocenters. The smallest absolute Gasteiger partial charge is 0.164 e. The minimum absolute atomic E-state index is 0.134. The number of allylic oxidation sites excluding steroid dienone is 1. The van der Waals surface area contributed by atoms with E-state index in [0.29, 0.717) is 17.5 Å². The standard InChI is InChI=1S/C52H36N4OS/c1-3-15-37-38-20-11-12-23-43(38)56(42(37)4-2)35-27-29-40-39-28-26-34(30-46(39)58-47(40)31-35)36-21-13-24-44-48(36)49-41(22-14-25-45(49)57-44)52-54-50(32-16-7-5-8-17-32)53-51(55-52)33-18-9-6-10-19-33/h3-31,37,42H,2H2,1H3/b15-3-. The lowest BCUT2D eigenvalue weighted by atomic mass is 9.94. The number of rotatable bonds is 7. The molecule has 0 bridgehead atoms. The van der Waals surface area contributed by atoms with Crippen molar-refractivity contribution in [3.05, 3.63) is 188 Å². The highest BCUT2D eigenvalue weighted by atomic mass is 32.1. The van der Waals surface area contributed by atoms with E-state index in [1.54, 1.807) is 0 Å². The molecule has 1 aliphatic rings. The summed E-state index contributed by atoms with van der Waals surface area (Å²) in [6, 6.07) is 55.3. The quantitative estimate of drug-likeness (QED) is 0.151. The van der Waals surface area contributed by atoms with Gasteiger partial charge in [0.25, 0.3) is 0 Å². The summed E-state index contributed by atoms with van der Waals surface area (Å²) in [4.78, 5) is 17.6. The van der Waals surface area contributed by atoms with E-state index in [4.69, 9.17) is 19.4 Å². The van der Waals surface area contributed by atoms with Crippen LogP contribution in [0.2, 0.25) is 0 Å². The highest BCUT2D eigenvalue weighted by Gasteiger charge is 2.36. The number of hydrogen-bond acceptors (Lipinski definition) is 6. The van der Waals surface area contributed by atoms with E-state index in [2.05, 4.69) is 115 Å². The molecule has 2 atom stereocenters. The van der Waals surface area contributed by atoms with Crippen molar-refractivity contribution < 1.29 is 4.42 Å². The molecule has 276 valence electrons. The predicted molar refractivity (Wildman–Crippen MR) is 242 cm³/mol. The SMILES string of the molecule is C=CC1C(/C=C\C)c2ccccc2N1c1ccc2c(c1)sc1cc(-c3cccc4oc5cccc(-c6nc(-c7ccccc7)nc(-c7ccccc7)n6)c5c34)ccc12. The van der Waals surface area contributed by atoms with Gasteiger partial charge in [-0.3, -0.25) is 0 Å². The van der Waals surface area contributed by atoms with E-state index >= 15 is 0 Å². The third-order valence-electron chi connectivity index (χ3n) is 11.4. The topological polar surface area (TPSA) is 55.1 Å². The lowest BCUT2D eigenvalue weighted by Crippen LogP contribution is -2.27. The minimum atomic E-state index is 0.134. The molecular formula is C52H36N4OS. The van der Waals surface area contributed by atoms with Gasteiger partial charge in [0.1, 0.15) is 11.2 Å². The summed E-state index contributed by atoms with van der Waals surface area (Å²) in [5, 5.41) is 4.53. The van der Waals surface area contributed by atoms with Gasteiger partial charge in [0.15, 0.2) is 17.5 Å². The predicted octanol–water partition coefficient (Wildman–Crippen LogP) is 14.2. The Morgan fingerprint density at radius 2 is 1.19 bits per heavy atom. The fourth-order valence-electron chi connectivity index (χ4n) is 8.79. The number of furan rings is 1. The molecule has 7 aromatic carbocycles. The highest BCUT2D eigenvalue weighted by Crippen LogP contribution is 2.48. The van der Waals surface area contributed by atoms with Crippen LogP contribution in [0, 0.1) is 0 Å². The van der Waals surface area contributed by atoms with Crippen molar-refractivity contribution in [2.45, 2.75) is 18.9 Å². The van der Waals surface area contributed by atoms with E-state index < -0.39 is 0 Å². The maximum absolute atomic E-state index is 6.59. The number of para-hydroxylation sites is 1. The summed E-state index contributed by atoms with van der Waals surface area (Å²) >= 11 is 1.84. The second-order valence-electron chi connectivity index (χ2n) is 14.7. The van der Waals surface area contributed by atoms with Crippen LogP contribution in [0.3, 0.4) is 0 Å². The van der Waals surface area contributed by atoms with Crippen molar-refractivity contribution in [1.82, 2.24) is 15.0 Å². The van der Waals surface area contributed by atoms with E-state index in [9.17, 15) is 0 Å². The van der Waals surface area contributed by atoms with Crippen molar-refractivity contribution in [2.24, 2.45) is 0 Å². The Morgan fingerprint density at radius 1 is 0.586 bits per heavy atom. The number of fused-ring (bicyclic) bond motifs is 7. The second kappa shape index (κ2) is 13.8. The Morgan fingerprint density at radius 3 is 1.88 bits per heavy atom. The summed E-state index contributed by atoms with van der Waals surface area (Å²) < 4.78 is 9.08. The van der Waals surface area contributed by atoms with Crippen LogP contribution in [0.5, 0.6) is 0 Å². The minimum Gasteiger partial charge on any atom is -0.456 e. The van der Waals surface area contributed by atoms with Gasteiger partial charge in [-0.25, -0.2) is 15.0 Å². The molecule has 58 heavy (non-hydrogen) atoms. The summed E-state index contributed by atoms with van der Waals surface area (Å²) in [6.07, 6.45) is 6.53. The fourth-order valence-corrected chi connectivity index (χ4v) is 9.97. The van der Waals surface area contributed by atoms with Crippen molar-refractivity contribution in [2.75, 3.05) is 4.90 Å².